The van der Waals surface area contributed by atoms with Crippen LogP contribution in [0.1, 0.15) is 100 Å². The van der Waals surface area contributed by atoms with Crippen LogP contribution in [0.4, 0.5) is 0 Å². The highest BCUT2D eigenvalue weighted by Crippen LogP contribution is 2.42. The smallest absolute Gasteiger partial charge is 0.311 e. The predicted molar refractivity (Wildman–Crippen MR) is 225 cm³/mol. The molecule has 3 saturated heterocycles. The van der Waals surface area contributed by atoms with E-state index in [9.17, 15) is 30.0 Å². The van der Waals surface area contributed by atoms with E-state index in [1.165, 1.54) is 14.0 Å². The van der Waals surface area contributed by atoms with E-state index in [-0.39, 0.29) is 43.8 Å². The number of rotatable bonds is 11. The quantitative estimate of drug-likeness (QED) is 0.228. The van der Waals surface area contributed by atoms with Crippen LogP contribution in [-0.4, -0.2) is 149 Å². The molecule has 0 bridgehead atoms. The molecule has 14 heteroatoms. The Balaban J connectivity index is 1.92. The number of aliphatic hydroxyl groups excluding tert-OH is 3. The number of nitrogens with zero attached hydrogens (tertiary/aromatic N) is 1. The van der Waals surface area contributed by atoms with Crippen LogP contribution in [0.15, 0.2) is 36.4 Å². The lowest BCUT2D eigenvalue weighted by Crippen LogP contribution is -2.61. The van der Waals surface area contributed by atoms with Crippen LogP contribution in [0.5, 0.6) is 0 Å². The Morgan fingerprint density at radius 1 is 0.883 bits per heavy atom. The number of hydrogen-bond donors (Lipinski definition) is 4. The number of ether oxygens (including phenoxy) is 7. The van der Waals surface area contributed by atoms with Crippen molar-refractivity contribution in [2.45, 2.75) is 179 Å². The molecule has 14 nitrogen and oxygen atoms in total. The minimum atomic E-state index is -1.99. The Hall–Kier alpha value is -2.34. The summed E-state index contributed by atoms with van der Waals surface area (Å²) in [6.07, 6.45) is -5.37. The second-order valence-corrected chi connectivity index (χ2v) is 18.6. The van der Waals surface area contributed by atoms with E-state index in [1.807, 2.05) is 82.3 Å². The number of likely N-dealkylation sites (N-methyl/N-ethyl adjacent to an activating group) is 1. The van der Waals surface area contributed by atoms with Gasteiger partial charge < -0.3 is 58.5 Å². The molecule has 0 unspecified atom stereocenters. The summed E-state index contributed by atoms with van der Waals surface area (Å²) in [4.78, 5) is 30.7. The molecule has 3 fully saturated rings. The number of Topliss-reactive ketones (excluding diaryl/α,β-unsaturated/α-hetero) is 1. The summed E-state index contributed by atoms with van der Waals surface area (Å²) in [7, 11) is 5.28. The molecule has 0 aromatic heterocycles. The standard InChI is InChI=1S/C46H75NO13/c1-14-34-46(10,53)39(50)28(4)36(48)26(2)24-45(9,55-22-18-21-32-19-16-15-17-20-32)41(60-43-37(49)33(47(11)12)23-27(3)56-43)29(5)38(30(6)42(52)58-34)59-35-25-44(8,54-13)40(51)31(7)57-35/h15-21,26-31,33-35,37-41,43,49-51,53H,14,22-25H2,1-13H3/b21-18+/t26-,27-,28+,29+,30-,31+,33+,34-,35+,37-,38+,39-,40+,41-,43+,44-,45+,46-/m1/s1. The van der Waals surface area contributed by atoms with Crippen LogP contribution in [0, 0.1) is 23.7 Å². The van der Waals surface area contributed by atoms with Gasteiger partial charge in [0.1, 0.15) is 29.7 Å². The molecule has 0 radical (unpaired) electrons. The van der Waals surface area contributed by atoms with E-state index in [2.05, 4.69) is 0 Å². The highest BCUT2D eigenvalue weighted by atomic mass is 16.7. The summed E-state index contributed by atoms with van der Waals surface area (Å²) in [5, 5.41) is 46.3. The van der Waals surface area contributed by atoms with Crippen molar-refractivity contribution in [3.8, 4) is 0 Å². The van der Waals surface area contributed by atoms with E-state index in [0.29, 0.717) is 6.42 Å². The third-order valence-electron chi connectivity index (χ3n) is 13.4. The molecule has 4 rings (SSSR count). The Kier molecular flexibility index (Phi) is 17.5. The summed E-state index contributed by atoms with van der Waals surface area (Å²) in [6.45, 7) is 17.3. The molecule has 342 valence electrons. The van der Waals surface area contributed by atoms with Crippen molar-refractivity contribution in [3.63, 3.8) is 0 Å². The van der Waals surface area contributed by atoms with Crippen molar-refractivity contribution in [2.24, 2.45) is 23.7 Å². The van der Waals surface area contributed by atoms with Crippen molar-refractivity contribution in [1.29, 1.82) is 0 Å². The molecule has 0 aliphatic carbocycles. The third kappa shape index (κ3) is 11.4. The zero-order chi connectivity index (χ0) is 44.9. The Morgan fingerprint density at radius 3 is 2.13 bits per heavy atom. The van der Waals surface area contributed by atoms with Crippen LogP contribution in [0.2, 0.25) is 0 Å². The molecular formula is C46H75NO13. The average molecular weight is 850 g/mol. The molecule has 0 saturated carbocycles. The topological polar surface area (TPSA) is 183 Å². The van der Waals surface area contributed by atoms with Crippen LogP contribution in [0.3, 0.4) is 0 Å². The molecule has 3 aliphatic rings. The molecule has 0 amide bonds. The van der Waals surface area contributed by atoms with Crippen molar-refractivity contribution in [1.82, 2.24) is 4.90 Å². The molecule has 0 spiro atoms. The molecule has 1 aromatic carbocycles. The SMILES string of the molecule is CC[C@H]1OC(=O)[C@H](C)[C@@H](O[C@H]2C[C@@](C)(OC)[C@@H](O)[C@H](C)O2)[C@H](C)[C@@H](O[C@@H]2O[C@H](C)C[C@H](N(C)C)[C@H]2O)[C@@](C)(OC/C=C/c2ccccc2)C[C@@H](C)C(=O)[C@H](C)[C@@H](O)[C@]1(C)O. The molecule has 1 aromatic rings. The fourth-order valence-electron chi connectivity index (χ4n) is 9.51. The molecule has 60 heavy (non-hydrogen) atoms. The lowest BCUT2D eigenvalue weighted by Gasteiger charge is -2.50. The van der Waals surface area contributed by atoms with Gasteiger partial charge in [0.05, 0.1) is 54.2 Å². The minimum absolute atomic E-state index is 0.0718. The fraction of sp³-hybridized carbons (Fsp3) is 0.783. The first-order valence-electron chi connectivity index (χ1n) is 21.7. The zero-order valence-electron chi connectivity index (χ0n) is 38.1. The lowest BCUT2D eigenvalue weighted by molar-refractivity contribution is -0.320. The summed E-state index contributed by atoms with van der Waals surface area (Å²) < 4.78 is 45.2. The average Bonchev–Trinajstić information content (AvgIpc) is 3.20. The van der Waals surface area contributed by atoms with Gasteiger partial charge in [0, 0.05) is 37.3 Å². The Bertz CT molecular complexity index is 1560. The van der Waals surface area contributed by atoms with Crippen molar-refractivity contribution in [3.05, 3.63) is 42.0 Å². The number of cyclic esters (lactones) is 1. The van der Waals surface area contributed by atoms with Gasteiger partial charge in [-0.25, -0.2) is 0 Å². The maximum absolute atomic E-state index is 14.4. The summed E-state index contributed by atoms with van der Waals surface area (Å²) in [5.41, 5.74) is -3.44. The molecule has 3 heterocycles. The highest BCUT2D eigenvalue weighted by molar-refractivity contribution is 5.83. The summed E-state index contributed by atoms with van der Waals surface area (Å²) in [6, 6.07) is 9.42. The van der Waals surface area contributed by atoms with Gasteiger partial charge in [0.25, 0.3) is 0 Å². The fourth-order valence-corrected chi connectivity index (χ4v) is 9.51. The first kappa shape index (κ1) is 50.3. The Morgan fingerprint density at radius 2 is 1.53 bits per heavy atom. The monoisotopic (exact) mass is 850 g/mol. The Labute approximate surface area is 357 Å². The van der Waals surface area contributed by atoms with E-state index >= 15 is 0 Å². The van der Waals surface area contributed by atoms with Gasteiger partial charge in [-0.1, -0.05) is 70.2 Å². The van der Waals surface area contributed by atoms with Crippen molar-refractivity contribution < 1.29 is 63.2 Å². The molecule has 3 aliphatic heterocycles. The largest absolute Gasteiger partial charge is 0.459 e. The normalized spacial score (nSPS) is 44.1. The number of benzene rings is 1. The number of ketones is 1. The predicted octanol–water partition coefficient (Wildman–Crippen LogP) is 4.52. The van der Waals surface area contributed by atoms with Crippen LogP contribution in [0.25, 0.3) is 6.08 Å². The summed E-state index contributed by atoms with van der Waals surface area (Å²) in [5.74, 6) is -4.67. The number of carbonyl (C=O) groups excluding carboxylic acids is 2. The number of aliphatic hydroxyl groups is 4. The van der Waals surface area contributed by atoms with Gasteiger partial charge >= 0.3 is 5.97 Å². The minimum Gasteiger partial charge on any atom is -0.459 e. The lowest BCUT2D eigenvalue weighted by atomic mass is 9.73. The van der Waals surface area contributed by atoms with Crippen molar-refractivity contribution >= 4 is 17.8 Å². The van der Waals surface area contributed by atoms with E-state index in [1.54, 1.807) is 41.5 Å². The number of methoxy groups -OCH3 is 1. The molecule has 18 atom stereocenters. The van der Waals surface area contributed by atoms with Gasteiger partial charge in [-0.05, 0) is 80.5 Å². The third-order valence-corrected chi connectivity index (χ3v) is 13.4. The van der Waals surface area contributed by atoms with Gasteiger partial charge in [-0.2, -0.15) is 0 Å². The van der Waals surface area contributed by atoms with Gasteiger partial charge in [0.15, 0.2) is 12.6 Å². The maximum Gasteiger partial charge on any atom is 0.311 e. The highest BCUT2D eigenvalue weighted by Gasteiger charge is 2.54. The van der Waals surface area contributed by atoms with Crippen LogP contribution >= 0.6 is 0 Å². The second-order valence-electron chi connectivity index (χ2n) is 18.6. The zero-order valence-corrected chi connectivity index (χ0v) is 38.1. The van der Waals surface area contributed by atoms with Crippen molar-refractivity contribution in [2.75, 3.05) is 27.8 Å². The van der Waals surface area contributed by atoms with E-state index in [0.717, 1.165) is 5.56 Å². The molecular weight excluding hydrogens is 774 g/mol. The van der Waals surface area contributed by atoms with Crippen LogP contribution < -0.4 is 0 Å². The van der Waals surface area contributed by atoms with Gasteiger partial charge in [-0.15, -0.1) is 0 Å². The molecule has 4 N–H and O–H groups in total. The van der Waals surface area contributed by atoms with Gasteiger partial charge in [0.2, 0.25) is 0 Å². The number of carbonyl (C=O) groups is 2. The van der Waals surface area contributed by atoms with Gasteiger partial charge in [-0.3, -0.25) is 9.59 Å². The number of hydrogen-bond acceptors (Lipinski definition) is 14. The summed E-state index contributed by atoms with van der Waals surface area (Å²) >= 11 is 0. The van der Waals surface area contributed by atoms with Crippen LogP contribution in [-0.2, 0) is 42.7 Å². The maximum atomic E-state index is 14.4. The second kappa shape index (κ2) is 20.9. The van der Waals surface area contributed by atoms with E-state index in [4.69, 9.17) is 33.2 Å². The number of esters is 1. The van der Waals surface area contributed by atoms with E-state index < -0.39 is 102 Å². The first-order valence-corrected chi connectivity index (χ1v) is 21.7. The first-order chi connectivity index (χ1) is 28.0.